The minimum absolute atomic E-state index is 0.0704. The van der Waals surface area contributed by atoms with Gasteiger partial charge in [-0.05, 0) is 41.8 Å². The number of nitrogen functional groups attached to an aromatic ring is 1. The van der Waals surface area contributed by atoms with Gasteiger partial charge in [0.05, 0.1) is 18.1 Å². The topological polar surface area (TPSA) is 52.3 Å². The highest BCUT2D eigenvalue weighted by atomic mass is 35.5. The highest BCUT2D eigenvalue weighted by Gasteiger charge is 2.21. The number of benzene rings is 2. The number of thioether (sulfide) groups is 1. The molecule has 0 heterocycles. The lowest BCUT2D eigenvalue weighted by Gasteiger charge is -2.21. The number of halogens is 1. The number of carbonyl (C=O) groups is 1. The van der Waals surface area contributed by atoms with Crippen molar-refractivity contribution in [3.63, 3.8) is 0 Å². The zero-order valence-corrected chi connectivity index (χ0v) is 14.1. The molecule has 2 N–H and O–H groups in total. The number of anilines is 1. The van der Waals surface area contributed by atoms with E-state index in [2.05, 4.69) is 0 Å². The summed E-state index contributed by atoms with van der Waals surface area (Å²) in [5.74, 6) is -0.00857. The van der Waals surface area contributed by atoms with Crippen molar-refractivity contribution in [1.29, 1.82) is 0 Å². The third-order valence-corrected chi connectivity index (χ3v) is 4.88. The number of hydrogen-bond donors (Lipinski definition) is 1. The summed E-state index contributed by atoms with van der Waals surface area (Å²) < 4.78 is 4.74. The van der Waals surface area contributed by atoms with E-state index < -0.39 is 0 Å². The molecule has 0 saturated heterocycles. The maximum Gasteiger partial charge on any atom is 0.315 e. The normalized spacial score (nSPS) is 12.0. The highest BCUT2D eigenvalue weighted by molar-refractivity contribution is 8.00. The summed E-state index contributed by atoms with van der Waals surface area (Å²) in [6.45, 7) is 2.04. The van der Waals surface area contributed by atoms with Gasteiger partial charge in [-0.25, -0.2) is 0 Å². The molecular weight excluding hydrogens is 318 g/mol. The molecule has 116 valence electrons. The van der Waals surface area contributed by atoms with Gasteiger partial charge in [-0.3, -0.25) is 4.79 Å². The summed E-state index contributed by atoms with van der Waals surface area (Å²) in [6, 6.07) is 13.5. The Kier molecular flexibility index (Phi) is 5.75. The minimum Gasteiger partial charge on any atom is -0.468 e. The summed E-state index contributed by atoms with van der Waals surface area (Å²) in [7, 11) is 1.39. The van der Waals surface area contributed by atoms with Crippen molar-refractivity contribution in [2.75, 3.05) is 18.6 Å². The number of esters is 1. The summed E-state index contributed by atoms with van der Waals surface area (Å²) >= 11 is 7.61. The molecule has 3 nitrogen and oxygen atoms in total. The molecule has 2 aromatic carbocycles. The zero-order chi connectivity index (χ0) is 16.1. The first-order valence-corrected chi connectivity index (χ1v) is 8.24. The van der Waals surface area contributed by atoms with Crippen LogP contribution in [0.3, 0.4) is 0 Å². The minimum atomic E-state index is -0.260. The molecular formula is C17H18ClNO2S. The smallest absolute Gasteiger partial charge is 0.315 e. The second kappa shape index (κ2) is 7.56. The fraction of sp³-hybridized carbons (Fsp3) is 0.235. The average molecular weight is 336 g/mol. The van der Waals surface area contributed by atoms with Crippen molar-refractivity contribution in [2.45, 2.75) is 12.2 Å². The predicted molar refractivity (Wildman–Crippen MR) is 93.4 cm³/mol. The highest BCUT2D eigenvalue weighted by Crippen LogP contribution is 2.40. The molecule has 0 amide bonds. The summed E-state index contributed by atoms with van der Waals surface area (Å²) in [5.41, 5.74) is 9.96. The Balaban J connectivity index is 2.43. The predicted octanol–water partition coefficient (Wildman–Crippen LogP) is 4.23. The fourth-order valence-electron chi connectivity index (χ4n) is 2.21. The third-order valence-electron chi connectivity index (χ3n) is 3.40. The lowest BCUT2D eigenvalue weighted by molar-refractivity contribution is -0.137. The van der Waals surface area contributed by atoms with Crippen LogP contribution in [-0.4, -0.2) is 18.8 Å². The van der Waals surface area contributed by atoms with Crippen molar-refractivity contribution in [1.82, 2.24) is 0 Å². The van der Waals surface area contributed by atoms with Gasteiger partial charge in [-0.15, -0.1) is 11.8 Å². The van der Waals surface area contributed by atoms with Gasteiger partial charge in [-0.1, -0.05) is 35.9 Å². The maximum atomic E-state index is 11.5. The van der Waals surface area contributed by atoms with Crippen LogP contribution in [0, 0.1) is 6.92 Å². The van der Waals surface area contributed by atoms with E-state index in [1.54, 1.807) is 12.1 Å². The Morgan fingerprint density at radius 1 is 1.27 bits per heavy atom. The molecule has 0 aliphatic carbocycles. The Hall–Kier alpha value is -1.65. The number of aryl methyl sites for hydroxylation is 1. The van der Waals surface area contributed by atoms with Crippen molar-refractivity contribution in [3.05, 3.63) is 64.2 Å². The standard InChI is InChI=1S/C17H18ClNO2S/c1-11-5-3-4-6-13(11)17(22-10-16(20)21-2)14-9-12(18)7-8-15(14)19/h3-9,17H,10,19H2,1-2H3. The molecule has 2 aromatic rings. The molecule has 0 bridgehead atoms. The Morgan fingerprint density at radius 2 is 2.00 bits per heavy atom. The van der Waals surface area contributed by atoms with Crippen molar-refractivity contribution in [2.24, 2.45) is 0 Å². The molecule has 2 rings (SSSR count). The molecule has 0 aliphatic rings. The molecule has 0 aromatic heterocycles. The van der Waals surface area contributed by atoms with Crippen LogP contribution in [0.25, 0.3) is 0 Å². The van der Waals surface area contributed by atoms with Gasteiger partial charge in [0.25, 0.3) is 0 Å². The Bertz CT molecular complexity index is 675. The van der Waals surface area contributed by atoms with Crippen molar-refractivity contribution in [3.8, 4) is 0 Å². The van der Waals surface area contributed by atoms with Crippen LogP contribution in [0.2, 0.25) is 5.02 Å². The van der Waals surface area contributed by atoms with Gasteiger partial charge >= 0.3 is 5.97 Å². The van der Waals surface area contributed by atoms with E-state index in [1.165, 1.54) is 18.9 Å². The molecule has 0 saturated carbocycles. The van der Waals surface area contributed by atoms with Gasteiger partial charge in [0.1, 0.15) is 0 Å². The third kappa shape index (κ3) is 3.96. The van der Waals surface area contributed by atoms with Gasteiger partial charge < -0.3 is 10.5 Å². The first kappa shape index (κ1) is 16.7. The SMILES string of the molecule is COC(=O)CSC(c1ccccc1C)c1cc(Cl)ccc1N. The molecule has 0 radical (unpaired) electrons. The zero-order valence-electron chi connectivity index (χ0n) is 12.5. The molecule has 0 fully saturated rings. The lowest BCUT2D eigenvalue weighted by atomic mass is 9.99. The van der Waals surface area contributed by atoms with E-state index in [9.17, 15) is 4.79 Å². The molecule has 1 atom stereocenters. The van der Waals surface area contributed by atoms with Crippen molar-refractivity contribution < 1.29 is 9.53 Å². The second-order valence-electron chi connectivity index (χ2n) is 4.90. The van der Waals surface area contributed by atoms with Crippen LogP contribution in [0.4, 0.5) is 5.69 Å². The number of hydrogen-bond acceptors (Lipinski definition) is 4. The van der Waals surface area contributed by atoms with Crippen LogP contribution >= 0.6 is 23.4 Å². The molecule has 0 spiro atoms. The first-order chi connectivity index (χ1) is 10.5. The van der Waals surface area contributed by atoms with Gasteiger partial charge in [-0.2, -0.15) is 0 Å². The number of methoxy groups -OCH3 is 1. The number of ether oxygens (including phenoxy) is 1. The Morgan fingerprint density at radius 3 is 2.68 bits per heavy atom. The average Bonchev–Trinajstić information content (AvgIpc) is 2.52. The van der Waals surface area contributed by atoms with Crippen molar-refractivity contribution >= 4 is 35.0 Å². The van der Waals surface area contributed by atoms with E-state index >= 15 is 0 Å². The monoisotopic (exact) mass is 335 g/mol. The lowest BCUT2D eigenvalue weighted by Crippen LogP contribution is -2.09. The fourth-order valence-corrected chi connectivity index (χ4v) is 3.64. The van der Waals surface area contributed by atoms with Gasteiger partial charge in [0.15, 0.2) is 0 Å². The largest absolute Gasteiger partial charge is 0.468 e. The van der Waals surface area contributed by atoms with E-state index in [4.69, 9.17) is 22.1 Å². The number of carbonyl (C=O) groups excluding carboxylic acids is 1. The summed E-state index contributed by atoms with van der Waals surface area (Å²) in [6.07, 6.45) is 0. The van der Waals surface area contributed by atoms with Gasteiger partial charge in [0, 0.05) is 10.7 Å². The summed E-state index contributed by atoms with van der Waals surface area (Å²) in [4.78, 5) is 11.5. The van der Waals surface area contributed by atoms with E-state index in [0.717, 1.165) is 16.7 Å². The van der Waals surface area contributed by atoms with Crippen LogP contribution in [0.5, 0.6) is 0 Å². The molecule has 1 unspecified atom stereocenters. The van der Waals surface area contributed by atoms with Gasteiger partial charge in [0.2, 0.25) is 0 Å². The molecule has 5 heteroatoms. The maximum absolute atomic E-state index is 11.5. The molecule has 0 aliphatic heterocycles. The van der Waals surface area contributed by atoms with Crippen LogP contribution < -0.4 is 5.73 Å². The van der Waals surface area contributed by atoms with Crippen LogP contribution in [-0.2, 0) is 9.53 Å². The Labute approximate surface area is 139 Å². The first-order valence-electron chi connectivity index (χ1n) is 6.81. The van der Waals surface area contributed by atoms with E-state index in [-0.39, 0.29) is 17.0 Å². The van der Waals surface area contributed by atoms with Crippen LogP contribution in [0.15, 0.2) is 42.5 Å². The van der Waals surface area contributed by atoms with E-state index in [1.807, 2.05) is 37.3 Å². The number of rotatable bonds is 5. The summed E-state index contributed by atoms with van der Waals surface area (Å²) in [5, 5.41) is 0.556. The van der Waals surface area contributed by atoms with E-state index in [0.29, 0.717) is 10.7 Å². The molecule has 22 heavy (non-hydrogen) atoms. The second-order valence-corrected chi connectivity index (χ2v) is 6.43. The van der Waals surface area contributed by atoms with Crippen LogP contribution in [0.1, 0.15) is 21.9 Å². The quantitative estimate of drug-likeness (QED) is 0.656. The number of nitrogens with two attached hydrogens (primary N) is 1.